The molecule has 19 heavy (non-hydrogen) atoms. The van der Waals surface area contributed by atoms with E-state index in [1.165, 1.54) is 30.6 Å². The maximum Gasteiger partial charge on any atom is 0.0534 e. The molecule has 0 amide bonds. The lowest BCUT2D eigenvalue weighted by molar-refractivity contribution is 0.511. The molecular weight excluding hydrogens is 254 g/mol. The van der Waals surface area contributed by atoms with E-state index in [0.717, 1.165) is 13.1 Å². The topological polar surface area (TPSA) is 29.9 Å². The van der Waals surface area contributed by atoms with Crippen molar-refractivity contribution in [3.05, 3.63) is 39.8 Å². The van der Waals surface area contributed by atoms with Crippen LogP contribution in [0.25, 0.3) is 0 Å². The monoisotopic (exact) mass is 275 g/mol. The zero-order valence-corrected chi connectivity index (χ0v) is 12.2. The van der Waals surface area contributed by atoms with E-state index in [9.17, 15) is 0 Å². The van der Waals surface area contributed by atoms with Crippen molar-refractivity contribution in [2.75, 3.05) is 6.54 Å². The Hall–Kier alpha value is -1.13. The summed E-state index contributed by atoms with van der Waals surface area (Å²) >= 11 is 2.01. The van der Waals surface area contributed by atoms with E-state index in [4.69, 9.17) is 0 Å². The zero-order chi connectivity index (χ0) is 13.1. The fourth-order valence-electron chi connectivity index (χ4n) is 2.66. The maximum absolute atomic E-state index is 4.22. The van der Waals surface area contributed by atoms with Crippen molar-refractivity contribution in [3.8, 4) is 0 Å². The van der Waals surface area contributed by atoms with Crippen molar-refractivity contribution >= 4 is 11.3 Å². The number of hydrogen-bond donors (Lipinski definition) is 1. The minimum absolute atomic E-state index is 0.450. The number of aryl methyl sites for hydroxylation is 2. The van der Waals surface area contributed by atoms with Crippen LogP contribution < -0.4 is 5.32 Å². The van der Waals surface area contributed by atoms with Crippen LogP contribution in [0.15, 0.2) is 24.5 Å². The SMILES string of the molecule is CC(NCCn1cccn1)c1cc2c(s1)CCCC2. The van der Waals surface area contributed by atoms with Gasteiger partial charge in [0.05, 0.1) is 6.54 Å². The molecule has 0 radical (unpaired) electrons. The molecule has 0 aromatic carbocycles. The van der Waals surface area contributed by atoms with Crippen LogP contribution in [0.1, 0.15) is 41.1 Å². The van der Waals surface area contributed by atoms with Crippen LogP contribution >= 0.6 is 11.3 Å². The molecule has 3 nitrogen and oxygen atoms in total. The Balaban J connectivity index is 1.54. The molecule has 4 heteroatoms. The Morgan fingerprint density at radius 1 is 1.42 bits per heavy atom. The number of fused-ring (bicyclic) bond motifs is 1. The number of rotatable bonds is 5. The second kappa shape index (κ2) is 5.88. The minimum Gasteiger partial charge on any atom is -0.308 e. The lowest BCUT2D eigenvalue weighted by Gasteiger charge is -2.11. The van der Waals surface area contributed by atoms with Crippen LogP contribution in [0.5, 0.6) is 0 Å². The highest BCUT2D eigenvalue weighted by Crippen LogP contribution is 2.32. The van der Waals surface area contributed by atoms with E-state index in [2.05, 4.69) is 23.4 Å². The summed E-state index contributed by atoms with van der Waals surface area (Å²) in [5, 5.41) is 7.81. The molecule has 1 aliphatic rings. The van der Waals surface area contributed by atoms with Gasteiger partial charge >= 0.3 is 0 Å². The Labute approximate surface area is 118 Å². The maximum atomic E-state index is 4.22. The van der Waals surface area contributed by atoms with Crippen LogP contribution in [0.4, 0.5) is 0 Å². The lowest BCUT2D eigenvalue weighted by Crippen LogP contribution is -2.22. The predicted octanol–water partition coefficient (Wildman–Crippen LogP) is 3.17. The quantitative estimate of drug-likeness (QED) is 0.908. The molecule has 0 bridgehead atoms. The number of aromatic nitrogens is 2. The number of thiophene rings is 1. The first-order valence-corrected chi connectivity index (χ1v) is 7.97. The molecular formula is C15H21N3S. The average molecular weight is 275 g/mol. The molecule has 0 aliphatic heterocycles. The highest BCUT2D eigenvalue weighted by atomic mass is 32.1. The Morgan fingerprint density at radius 2 is 2.32 bits per heavy atom. The smallest absolute Gasteiger partial charge is 0.0534 e. The molecule has 0 saturated carbocycles. The van der Waals surface area contributed by atoms with Gasteiger partial charge in [-0.15, -0.1) is 11.3 Å². The molecule has 2 heterocycles. The standard InChI is InChI=1S/C15H21N3S/c1-12(16-8-10-18-9-4-7-17-18)15-11-13-5-2-3-6-14(13)19-15/h4,7,9,11-12,16H,2-3,5-6,8,10H2,1H3. The number of nitrogens with zero attached hydrogens (tertiary/aromatic N) is 2. The predicted molar refractivity (Wildman–Crippen MR) is 79.6 cm³/mol. The first-order valence-electron chi connectivity index (χ1n) is 7.15. The van der Waals surface area contributed by atoms with Gasteiger partial charge in [-0.3, -0.25) is 4.68 Å². The van der Waals surface area contributed by atoms with Gasteiger partial charge in [0, 0.05) is 34.7 Å². The van der Waals surface area contributed by atoms with E-state index in [-0.39, 0.29) is 0 Å². The molecule has 0 spiro atoms. The zero-order valence-electron chi connectivity index (χ0n) is 11.4. The second-order valence-corrected chi connectivity index (χ2v) is 6.42. The summed E-state index contributed by atoms with van der Waals surface area (Å²) in [7, 11) is 0. The lowest BCUT2D eigenvalue weighted by atomic mass is 9.99. The summed E-state index contributed by atoms with van der Waals surface area (Å²) in [5.74, 6) is 0. The fraction of sp³-hybridized carbons (Fsp3) is 0.533. The third kappa shape index (κ3) is 3.07. The van der Waals surface area contributed by atoms with E-state index in [1.807, 2.05) is 34.5 Å². The molecule has 3 rings (SSSR count). The summed E-state index contributed by atoms with van der Waals surface area (Å²) < 4.78 is 1.97. The van der Waals surface area contributed by atoms with Gasteiger partial charge in [0.1, 0.15) is 0 Å². The van der Waals surface area contributed by atoms with E-state index in [1.54, 1.807) is 10.4 Å². The van der Waals surface area contributed by atoms with E-state index < -0.39 is 0 Å². The number of hydrogen-bond acceptors (Lipinski definition) is 3. The third-order valence-electron chi connectivity index (χ3n) is 3.79. The van der Waals surface area contributed by atoms with Crippen molar-refractivity contribution in [2.45, 2.75) is 45.2 Å². The van der Waals surface area contributed by atoms with E-state index >= 15 is 0 Å². The highest BCUT2D eigenvalue weighted by Gasteiger charge is 2.16. The summed E-state index contributed by atoms with van der Waals surface area (Å²) in [4.78, 5) is 3.12. The summed E-state index contributed by atoms with van der Waals surface area (Å²) in [5.41, 5.74) is 1.60. The van der Waals surface area contributed by atoms with E-state index in [0.29, 0.717) is 6.04 Å². The largest absolute Gasteiger partial charge is 0.308 e. The Kier molecular flexibility index (Phi) is 3.99. The third-order valence-corrected chi connectivity index (χ3v) is 5.21. The van der Waals surface area contributed by atoms with Gasteiger partial charge in [-0.2, -0.15) is 5.10 Å². The number of nitrogens with one attached hydrogen (secondary N) is 1. The first-order chi connectivity index (χ1) is 9.33. The van der Waals surface area contributed by atoms with Crippen molar-refractivity contribution in [1.29, 1.82) is 0 Å². The van der Waals surface area contributed by atoms with Crippen LogP contribution in [-0.2, 0) is 19.4 Å². The molecule has 1 aliphatic carbocycles. The van der Waals surface area contributed by atoms with Crippen LogP contribution in [0.2, 0.25) is 0 Å². The Morgan fingerprint density at radius 3 is 3.11 bits per heavy atom. The van der Waals surface area contributed by atoms with Crippen molar-refractivity contribution < 1.29 is 0 Å². The average Bonchev–Trinajstić information content (AvgIpc) is 3.07. The molecule has 1 atom stereocenters. The molecule has 0 saturated heterocycles. The van der Waals surface area contributed by atoms with Gasteiger partial charge < -0.3 is 5.32 Å². The van der Waals surface area contributed by atoms with Gasteiger partial charge in [0.25, 0.3) is 0 Å². The normalized spacial score (nSPS) is 16.3. The summed E-state index contributed by atoms with van der Waals surface area (Å²) in [6.45, 7) is 4.16. The van der Waals surface area contributed by atoms with Crippen LogP contribution in [0, 0.1) is 0 Å². The molecule has 2 aromatic heterocycles. The molecule has 0 fully saturated rings. The van der Waals surface area contributed by atoms with Gasteiger partial charge in [0.15, 0.2) is 0 Å². The Bertz CT molecular complexity index is 492. The van der Waals surface area contributed by atoms with Crippen molar-refractivity contribution in [3.63, 3.8) is 0 Å². The van der Waals surface area contributed by atoms with Crippen LogP contribution in [-0.4, -0.2) is 16.3 Å². The minimum atomic E-state index is 0.450. The first kappa shape index (κ1) is 12.9. The summed E-state index contributed by atoms with van der Waals surface area (Å²) in [6, 6.07) is 4.84. The van der Waals surface area contributed by atoms with Crippen LogP contribution in [0.3, 0.4) is 0 Å². The fourth-order valence-corrected chi connectivity index (χ4v) is 3.94. The molecule has 102 valence electrons. The van der Waals surface area contributed by atoms with Gasteiger partial charge in [-0.25, -0.2) is 0 Å². The molecule has 1 unspecified atom stereocenters. The summed E-state index contributed by atoms with van der Waals surface area (Å²) in [6.07, 6.45) is 9.15. The van der Waals surface area contributed by atoms with Gasteiger partial charge in [-0.1, -0.05) is 0 Å². The van der Waals surface area contributed by atoms with Crippen molar-refractivity contribution in [1.82, 2.24) is 15.1 Å². The van der Waals surface area contributed by atoms with Gasteiger partial charge in [0.2, 0.25) is 0 Å². The molecule has 1 N–H and O–H groups in total. The van der Waals surface area contributed by atoms with Crippen molar-refractivity contribution in [2.24, 2.45) is 0 Å². The second-order valence-electron chi connectivity index (χ2n) is 5.25. The van der Waals surface area contributed by atoms with Gasteiger partial charge in [-0.05, 0) is 50.3 Å². The molecule has 2 aromatic rings. The highest BCUT2D eigenvalue weighted by molar-refractivity contribution is 7.12.